The molecule has 22 heavy (non-hydrogen) atoms. The molecular weight excluding hydrogens is 295 g/mol. The summed E-state index contributed by atoms with van der Waals surface area (Å²) in [7, 11) is 0. The number of nitrogens with zero attached hydrogens (tertiary/aromatic N) is 1. The number of piperidine rings is 1. The maximum absolute atomic E-state index is 12.9. The van der Waals surface area contributed by atoms with Crippen LogP contribution in [0.4, 0.5) is 13.2 Å². The zero-order chi connectivity index (χ0) is 16.3. The van der Waals surface area contributed by atoms with Crippen molar-refractivity contribution in [1.82, 2.24) is 4.90 Å². The van der Waals surface area contributed by atoms with E-state index in [1.165, 1.54) is 12.1 Å². The number of hydrogen-bond donors (Lipinski definition) is 1. The number of rotatable bonds is 4. The van der Waals surface area contributed by atoms with Crippen LogP contribution in [0.15, 0.2) is 24.3 Å². The van der Waals surface area contributed by atoms with Crippen LogP contribution in [0.5, 0.6) is 0 Å². The van der Waals surface area contributed by atoms with Crippen LogP contribution in [-0.4, -0.2) is 29.1 Å². The van der Waals surface area contributed by atoms with Gasteiger partial charge in [-0.1, -0.05) is 19.1 Å². The van der Waals surface area contributed by atoms with E-state index in [0.717, 1.165) is 19.0 Å². The summed E-state index contributed by atoms with van der Waals surface area (Å²) in [5.41, 5.74) is -0.0568. The third-order valence-electron chi connectivity index (χ3n) is 4.23. The van der Waals surface area contributed by atoms with Crippen molar-refractivity contribution in [2.24, 2.45) is 5.92 Å². The molecule has 1 N–H and O–H groups in total. The Hall–Kier alpha value is -1.56. The minimum absolute atomic E-state index is 0.176. The number of benzene rings is 1. The molecule has 0 bridgehead atoms. The molecule has 1 fully saturated rings. The van der Waals surface area contributed by atoms with Gasteiger partial charge in [-0.05, 0) is 43.5 Å². The predicted octanol–water partition coefficient (Wildman–Crippen LogP) is 3.95. The van der Waals surface area contributed by atoms with E-state index in [2.05, 4.69) is 0 Å². The smallest absolute Gasteiger partial charge is 0.416 e. The summed E-state index contributed by atoms with van der Waals surface area (Å²) in [6, 6.07) is 5.17. The van der Waals surface area contributed by atoms with E-state index in [4.69, 9.17) is 5.11 Å². The molecule has 122 valence electrons. The van der Waals surface area contributed by atoms with Crippen LogP contribution >= 0.6 is 0 Å². The van der Waals surface area contributed by atoms with Gasteiger partial charge in [0.1, 0.15) is 0 Å². The molecule has 1 aromatic carbocycles. The maximum atomic E-state index is 12.9. The number of likely N-dealkylation sites (tertiary alicyclic amines) is 1. The van der Waals surface area contributed by atoms with Crippen LogP contribution in [0.1, 0.15) is 43.4 Å². The van der Waals surface area contributed by atoms with E-state index in [9.17, 15) is 18.0 Å². The molecule has 6 heteroatoms. The van der Waals surface area contributed by atoms with Gasteiger partial charge in [-0.3, -0.25) is 9.69 Å². The molecule has 0 aromatic heterocycles. The molecule has 0 radical (unpaired) electrons. The predicted molar refractivity (Wildman–Crippen MR) is 76.4 cm³/mol. The highest BCUT2D eigenvalue weighted by molar-refractivity contribution is 5.70. The van der Waals surface area contributed by atoms with Gasteiger partial charge in [0, 0.05) is 12.6 Å². The Bertz CT molecular complexity index is 530. The Morgan fingerprint density at radius 1 is 1.45 bits per heavy atom. The Balaban J connectivity index is 2.23. The summed E-state index contributed by atoms with van der Waals surface area (Å²) in [6.45, 7) is 3.03. The van der Waals surface area contributed by atoms with Crippen LogP contribution in [0.2, 0.25) is 0 Å². The van der Waals surface area contributed by atoms with Gasteiger partial charge in [-0.2, -0.15) is 13.2 Å². The molecule has 0 aliphatic carbocycles. The lowest BCUT2D eigenvalue weighted by Gasteiger charge is -2.37. The van der Waals surface area contributed by atoms with E-state index < -0.39 is 23.6 Å². The highest BCUT2D eigenvalue weighted by Gasteiger charge is 2.33. The molecule has 1 aliphatic heterocycles. The molecule has 1 aliphatic rings. The third-order valence-corrected chi connectivity index (χ3v) is 4.23. The number of aliphatic carboxylic acids is 1. The average molecular weight is 315 g/mol. The number of carboxylic acid groups (broad SMARTS) is 1. The molecule has 0 amide bonds. The summed E-state index contributed by atoms with van der Waals surface area (Å²) in [6.07, 6.45) is -2.33. The second-order valence-corrected chi connectivity index (χ2v) is 5.72. The maximum Gasteiger partial charge on any atom is 0.416 e. The molecule has 2 unspecified atom stereocenters. The van der Waals surface area contributed by atoms with Gasteiger partial charge in [0.25, 0.3) is 0 Å². The van der Waals surface area contributed by atoms with E-state index in [0.29, 0.717) is 24.9 Å². The lowest BCUT2D eigenvalue weighted by molar-refractivity contribution is -0.144. The van der Waals surface area contributed by atoms with E-state index in [1.54, 1.807) is 6.07 Å². The van der Waals surface area contributed by atoms with Gasteiger partial charge in [0.2, 0.25) is 0 Å². The average Bonchev–Trinajstić information content (AvgIpc) is 2.48. The molecule has 2 atom stereocenters. The van der Waals surface area contributed by atoms with Gasteiger partial charge in [0.15, 0.2) is 0 Å². The minimum Gasteiger partial charge on any atom is -0.481 e. The fraction of sp³-hybridized carbons (Fsp3) is 0.562. The number of halogens is 3. The van der Waals surface area contributed by atoms with E-state index in [1.807, 2.05) is 11.8 Å². The van der Waals surface area contributed by atoms with E-state index in [-0.39, 0.29) is 6.04 Å². The van der Waals surface area contributed by atoms with Gasteiger partial charge in [-0.25, -0.2) is 0 Å². The Morgan fingerprint density at radius 3 is 2.77 bits per heavy atom. The van der Waals surface area contributed by atoms with Crippen LogP contribution in [-0.2, 0) is 11.0 Å². The van der Waals surface area contributed by atoms with Crippen molar-refractivity contribution in [1.29, 1.82) is 0 Å². The fourth-order valence-electron chi connectivity index (χ4n) is 3.12. The summed E-state index contributed by atoms with van der Waals surface area (Å²) in [4.78, 5) is 13.2. The number of carbonyl (C=O) groups is 1. The molecule has 1 heterocycles. The Labute approximate surface area is 127 Å². The molecule has 2 rings (SSSR count). The molecule has 1 saturated heterocycles. The monoisotopic (exact) mass is 315 g/mol. The van der Waals surface area contributed by atoms with Crippen molar-refractivity contribution in [2.45, 2.75) is 38.4 Å². The first-order valence-corrected chi connectivity index (χ1v) is 7.47. The normalized spacial score (nSPS) is 21.5. The standard InChI is InChI=1S/C16H20F3NO2/c1-2-14(20-8-4-6-12(10-20)15(21)22)11-5-3-7-13(9-11)16(17,18)19/h3,5,7,9,12,14H,2,4,6,8,10H2,1H3,(H,21,22). The topological polar surface area (TPSA) is 40.5 Å². The highest BCUT2D eigenvalue weighted by atomic mass is 19.4. The number of carboxylic acids is 1. The molecular formula is C16H20F3NO2. The van der Waals surface area contributed by atoms with Gasteiger partial charge in [0.05, 0.1) is 11.5 Å². The largest absolute Gasteiger partial charge is 0.481 e. The van der Waals surface area contributed by atoms with Crippen LogP contribution in [0.25, 0.3) is 0 Å². The second-order valence-electron chi connectivity index (χ2n) is 5.72. The zero-order valence-corrected chi connectivity index (χ0v) is 12.4. The van der Waals surface area contributed by atoms with Crippen molar-refractivity contribution in [2.75, 3.05) is 13.1 Å². The van der Waals surface area contributed by atoms with Crippen LogP contribution < -0.4 is 0 Å². The van der Waals surface area contributed by atoms with Crippen LogP contribution in [0, 0.1) is 5.92 Å². The fourth-order valence-corrected chi connectivity index (χ4v) is 3.12. The first-order valence-electron chi connectivity index (χ1n) is 7.47. The van der Waals surface area contributed by atoms with Gasteiger partial charge in [-0.15, -0.1) is 0 Å². The Morgan fingerprint density at radius 2 is 2.18 bits per heavy atom. The summed E-state index contributed by atoms with van der Waals surface area (Å²) >= 11 is 0. The van der Waals surface area contributed by atoms with Crippen molar-refractivity contribution in [3.8, 4) is 0 Å². The summed E-state index contributed by atoms with van der Waals surface area (Å²) < 4.78 is 38.6. The minimum atomic E-state index is -4.36. The van der Waals surface area contributed by atoms with Gasteiger partial charge >= 0.3 is 12.1 Å². The SMILES string of the molecule is CCC(c1cccc(C(F)(F)F)c1)N1CCCC(C(=O)O)C1. The Kier molecular flexibility index (Phi) is 5.11. The molecule has 3 nitrogen and oxygen atoms in total. The number of alkyl halides is 3. The lowest BCUT2D eigenvalue weighted by Crippen LogP contribution is -2.40. The van der Waals surface area contributed by atoms with E-state index >= 15 is 0 Å². The zero-order valence-electron chi connectivity index (χ0n) is 12.4. The highest BCUT2D eigenvalue weighted by Crippen LogP contribution is 2.34. The van der Waals surface area contributed by atoms with Gasteiger partial charge < -0.3 is 5.11 Å². The third kappa shape index (κ3) is 3.80. The van der Waals surface area contributed by atoms with Crippen LogP contribution in [0.3, 0.4) is 0 Å². The van der Waals surface area contributed by atoms with Crippen molar-refractivity contribution < 1.29 is 23.1 Å². The second kappa shape index (κ2) is 6.69. The first-order chi connectivity index (χ1) is 10.3. The summed E-state index contributed by atoms with van der Waals surface area (Å²) in [5.74, 6) is -1.27. The summed E-state index contributed by atoms with van der Waals surface area (Å²) in [5, 5.41) is 9.16. The lowest BCUT2D eigenvalue weighted by atomic mass is 9.93. The van der Waals surface area contributed by atoms with Crippen molar-refractivity contribution in [3.63, 3.8) is 0 Å². The number of hydrogen-bond acceptors (Lipinski definition) is 2. The van der Waals surface area contributed by atoms with Crippen molar-refractivity contribution in [3.05, 3.63) is 35.4 Å². The quantitative estimate of drug-likeness (QED) is 0.914. The molecule has 0 saturated carbocycles. The molecule has 1 aromatic rings. The molecule has 0 spiro atoms. The van der Waals surface area contributed by atoms with Crippen molar-refractivity contribution >= 4 is 5.97 Å². The first kappa shape index (κ1) is 16.8.